The van der Waals surface area contributed by atoms with Crippen LogP contribution in [0.4, 0.5) is 0 Å². The minimum Gasteiger partial charge on any atom is -0.391 e. The number of amides is 1. The SMILES string of the molecule is CCc1ccc(C(=O)N2CC[C@H](O)[C@@H](N3CCN(C)CC3)CC2)cc1. The molecular weight excluding hydrogens is 314 g/mol. The molecule has 25 heavy (non-hydrogen) atoms. The third-order valence-electron chi connectivity index (χ3n) is 5.74. The number of nitrogens with zero attached hydrogens (tertiary/aromatic N) is 3. The van der Waals surface area contributed by atoms with Crippen LogP contribution in [0.2, 0.25) is 0 Å². The van der Waals surface area contributed by atoms with Crippen LogP contribution in [0, 0.1) is 0 Å². The van der Waals surface area contributed by atoms with Gasteiger partial charge >= 0.3 is 0 Å². The van der Waals surface area contributed by atoms with Crippen molar-refractivity contribution in [2.24, 2.45) is 0 Å². The summed E-state index contributed by atoms with van der Waals surface area (Å²) in [5, 5.41) is 10.6. The highest BCUT2D eigenvalue weighted by Gasteiger charge is 2.32. The Morgan fingerprint density at radius 2 is 1.68 bits per heavy atom. The van der Waals surface area contributed by atoms with E-state index in [0.29, 0.717) is 13.0 Å². The number of piperazine rings is 1. The molecule has 2 atom stereocenters. The molecule has 1 aromatic carbocycles. The van der Waals surface area contributed by atoms with E-state index in [1.807, 2.05) is 29.2 Å². The van der Waals surface area contributed by atoms with Gasteiger partial charge in [0.15, 0.2) is 0 Å². The topological polar surface area (TPSA) is 47.0 Å². The molecule has 0 bridgehead atoms. The van der Waals surface area contributed by atoms with Gasteiger partial charge in [-0.05, 0) is 44.0 Å². The molecule has 2 aliphatic heterocycles. The minimum absolute atomic E-state index is 0.0916. The summed E-state index contributed by atoms with van der Waals surface area (Å²) in [4.78, 5) is 19.5. The summed E-state index contributed by atoms with van der Waals surface area (Å²) in [7, 11) is 2.14. The van der Waals surface area contributed by atoms with E-state index in [2.05, 4.69) is 23.8 Å². The lowest BCUT2D eigenvalue weighted by Crippen LogP contribution is -2.52. The molecule has 1 aromatic rings. The molecule has 0 aliphatic carbocycles. The van der Waals surface area contributed by atoms with Crippen molar-refractivity contribution in [2.75, 3.05) is 46.3 Å². The summed E-state index contributed by atoms with van der Waals surface area (Å²) >= 11 is 0. The predicted octanol–water partition coefficient (Wildman–Crippen LogP) is 1.46. The van der Waals surface area contributed by atoms with Crippen LogP contribution < -0.4 is 0 Å². The third-order valence-corrected chi connectivity index (χ3v) is 5.74. The van der Waals surface area contributed by atoms with E-state index in [-0.39, 0.29) is 18.1 Å². The van der Waals surface area contributed by atoms with Crippen LogP contribution in [0.25, 0.3) is 0 Å². The second kappa shape index (κ2) is 8.30. The Bertz CT molecular complexity index is 567. The molecule has 138 valence electrons. The standard InChI is InChI=1S/C20H31N3O2/c1-3-16-4-6-17(7-5-16)20(25)23-10-8-18(19(24)9-11-23)22-14-12-21(2)13-15-22/h4-7,18-19,24H,3,8-15H2,1-2H3/t18-,19-/m0/s1. The van der Waals surface area contributed by atoms with Crippen LogP contribution >= 0.6 is 0 Å². The normalized spacial score (nSPS) is 26.4. The molecule has 2 aliphatic rings. The number of likely N-dealkylation sites (tertiary alicyclic amines) is 1. The first-order chi connectivity index (χ1) is 12.1. The zero-order valence-electron chi connectivity index (χ0n) is 15.5. The zero-order chi connectivity index (χ0) is 17.8. The Balaban J connectivity index is 1.62. The van der Waals surface area contributed by atoms with Crippen LogP contribution in [0.15, 0.2) is 24.3 Å². The maximum Gasteiger partial charge on any atom is 0.253 e. The molecule has 0 saturated carbocycles. The highest BCUT2D eigenvalue weighted by Crippen LogP contribution is 2.20. The van der Waals surface area contributed by atoms with E-state index in [9.17, 15) is 9.90 Å². The lowest BCUT2D eigenvalue weighted by molar-refractivity contribution is 0.0224. The molecule has 2 saturated heterocycles. The maximum atomic E-state index is 12.8. The van der Waals surface area contributed by atoms with Crippen molar-refractivity contribution in [1.82, 2.24) is 14.7 Å². The smallest absolute Gasteiger partial charge is 0.253 e. The second-order valence-corrected chi connectivity index (χ2v) is 7.39. The molecule has 1 N–H and O–H groups in total. The largest absolute Gasteiger partial charge is 0.391 e. The number of rotatable bonds is 3. The van der Waals surface area contributed by atoms with Crippen LogP contribution in [0.3, 0.4) is 0 Å². The van der Waals surface area contributed by atoms with Gasteiger partial charge in [0, 0.05) is 50.9 Å². The molecule has 1 amide bonds. The van der Waals surface area contributed by atoms with Crippen LogP contribution in [-0.4, -0.2) is 84.2 Å². The molecule has 5 nitrogen and oxygen atoms in total. The van der Waals surface area contributed by atoms with E-state index in [4.69, 9.17) is 0 Å². The molecule has 0 radical (unpaired) electrons. The summed E-state index contributed by atoms with van der Waals surface area (Å²) in [6.45, 7) is 7.59. The number of aliphatic hydroxyl groups excluding tert-OH is 1. The van der Waals surface area contributed by atoms with Gasteiger partial charge in [0.05, 0.1) is 6.10 Å². The van der Waals surface area contributed by atoms with Gasteiger partial charge in [-0.15, -0.1) is 0 Å². The Hall–Kier alpha value is -1.43. The van der Waals surface area contributed by atoms with Gasteiger partial charge in [-0.1, -0.05) is 19.1 Å². The summed E-state index contributed by atoms with van der Waals surface area (Å²) in [5.74, 6) is 0.0916. The highest BCUT2D eigenvalue weighted by atomic mass is 16.3. The van der Waals surface area contributed by atoms with E-state index < -0.39 is 0 Å². The number of aryl methyl sites for hydroxylation is 1. The number of likely N-dealkylation sites (N-methyl/N-ethyl adjacent to an activating group) is 1. The van der Waals surface area contributed by atoms with E-state index >= 15 is 0 Å². The van der Waals surface area contributed by atoms with Crippen molar-refractivity contribution < 1.29 is 9.90 Å². The Morgan fingerprint density at radius 3 is 2.32 bits per heavy atom. The first kappa shape index (κ1) is 18.4. The van der Waals surface area contributed by atoms with Crippen molar-refractivity contribution in [2.45, 2.75) is 38.3 Å². The van der Waals surface area contributed by atoms with Gasteiger partial charge in [-0.2, -0.15) is 0 Å². The van der Waals surface area contributed by atoms with Crippen molar-refractivity contribution >= 4 is 5.91 Å². The van der Waals surface area contributed by atoms with Gasteiger partial charge in [-0.25, -0.2) is 0 Å². The Labute approximate surface area is 151 Å². The highest BCUT2D eigenvalue weighted by molar-refractivity contribution is 5.94. The fraction of sp³-hybridized carbons (Fsp3) is 0.650. The van der Waals surface area contributed by atoms with Gasteiger partial charge in [-0.3, -0.25) is 9.69 Å². The number of hydrogen-bond donors (Lipinski definition) is 1. The lowest BCUT2D eigenvalue weighted by Gasteiger charge is -2.39. The zero-order valence-corrected chi connectivity index (χ0v) is 15.5. The summed E-state index contributed by atoms with van der Waals surface area (Å²) in [6.07, 6.45) is 2.15. The molecule has 5 heteroatoms. The van der Waals surface area contributed by atoms with E-state index in [1.165, 1.54) is 5.56 Å². The third kappa shape index (κ3) is 4.40. The lowest BCUT2D eigenvalue weighted by atomic mass is 10.0. The average molecular weight is 345 g/mol. The molecule has 0 spiro atoms. The number of benzene rings is 1. The fourth-order valence-electron chi connectivity index (χ4n) is 3.92. The monoisotopic (exact) mass is 345 g/mol. The minimum atomic E-state index is -0.344. The van der Waals surface area contributed by atoms with Crippen molar-refractivity contribution in [3.63, 3.8) is 0 Å². The van der Waals surface area contributed by atoms with Crippen LogP contribution in [0.5, 0.6) is 0 Å². The average Bonchev–Trinajstić information content (AvgIpc) is 2.84. The fourth-order valence-corrected chi connectivity index (χ4v) is 3.92. The first-order valence-corrected chi connectivity index (χ1v) is 9.57. The maximum absolute atomic E-state index is 12.8. The first-order valence-electron chi connectivity index (χ1n) is 9.57. The molecular formula is C20H31N3O2. The Morgan fingerprint density at radius 1 is 1.04 bits per heavy atom. The molecule has 0 aromatic heterocycles. The number of carbonyl (C=O) groups excluding carboxylic acids is 1. The number of aliphatic hydroxyl groups is 1. The van der Waals surface area contributed by atoms with Crippen molar-refractivity contribution in [1.29, 1.82) is 0 Å². The number of carbonyl (C=O) groups is 1. The summed E-state index contributed by atoms with van der Waals surface area (Å²) < 4.78 is 0. The van der Waals surface area contributed by atoms with Gasteiger partial charge < -0.3 is 14.9 Å². The van der Waals surface area contributed by atoms with Gasteiger partial charge in [0.1, 0.15) is 0 Å². The van der Waals surface area contributed by atoms with Crippen molar-refractivity contribution in [3.05, 3.63) is 35.4 Å². The van der Waals surface area contributed by atoms with Crippen LogP contribution in [-0.2, 0) is 6.42 Å². The van der Waals surface area contributed by atoms with E-state index in [1.54, 1.807) is 0 Å². The summed E-state index contributed by atoms with van der Waals surface area (Å²) in [5.41, 5.74) is 2.00. The molecule has 2 fully saturated rings. The second-order valence-electron chi connectivity index (χ2n) is 7.39. The molecule has 3 rings (SSSR count). The Kier molecular flexibility index (Phi) is 6.10. The quantitative estimate of drug-likeness (QED) is 0.901. The van der Waals surface area contributed by atoms with Crippen LogP contribution in [0.1, 0.15) is 35.7 Å². The van der Waals surface area contributed by atoms with Gasteiger partial charge in [0.2, 0.25) is 0 Å². The van der Waals surface area contributed by atoms with Crippen molar-refractivity contribution in [3.8, 4) is 0 Å². The van der Waals surface area contributed by atoms with E-state index in [0.717, 1.165) is 51.1 Å². The summed E-state index contributed by atoms with van der Waals surface area (Å²) in [6, 6.07) is 8.11. The molecule has 0 unspecified atom stereocenters. The molecule has 2 heterocycles. The number of hydrogen-bond acceptors (Lipinski definition) is 4. The van der Waals surface area contributed by atoms with Gasteiger partial charge in [0.25, 0.3) is 5.91 Å². The predicted molar refractivity (Wildman–Crippen MR) is 99.8 cm³/mol.